The molecule has 0 unspecified atom stereocenters. The molecular formula is C43H31PS. The summed E-state index contributed by atoms with van der Waals surface area (Å²) in [4.78, 5) is 0. The van der Waals surface area contributed by atoms with Gasteiger partial charge in [-0.2, -0.15) is 0 Å². The van der Waals surface area contributed by atoms with Crippen molar-refractivity contribution in [2.75, 3.05) is 0 Å². The molecule has 0 fully saturated rings. The van der Waals surface area contributed by atoms with E-state index in [0.717, 1.165) is 0 Å². The van der Waals surface area contributed by atoms with Gasteiger partial charge in [0.15, 0.2) is 0 Å². The number of benzene rings is 7. The number of hydrogen-bond donors (Lipinski definition) is 0. The predicted molar refractivity (Wildman–Crippen MR) is 198 cm³/mol. The first-order valence-electron chi connectivity index (χ1n) is 15.4. The van der Waals surface area contributed by atoms with Crippen molar-refractivity contribution in [2.45, 2.75) is 6.92 Å². The van der Waals surface area contributed by atoms with Crippen LogP contribution in [0.4, 0.5) is 0 Å². The molecule has 0 atom stereocenters. The normalized spacial score (nSPS) is 12.8. The first kappa shape index (κ1) is 27.7. The van der Waals surface area contributed by atoms with E-state index in [0.29, 0.717) is 0 Å². The van der Waals surface area contributed by atoms with Gasteiger partial charge in [-0.25, -0.2) is 0 Å². The standard InChI is InChI=1S/C43H31PS/c1-30-20-22-41(23-21-30)44(45)42-18-6-16-39(28-42)37-14-4-12-35(26-37)33-10-2-8-31(24-33)32-9-3-11-34(25-32)36-13-5-15-38(27-36)40-17-7-19-43(44)29-40/h2-29H,1H3. The van der Waals surface area contributed by atoms with Crippen molar-refractivity contribution >= 4 is 33.8 Å². The van der Waals surface area contributed by atoms with Crippen LogP contribution in [0.25, 0.3) is 55.6 Å². The molecule has 1 heterocycles. The van der Waals surface area contributed by atoms with Crippen molar-refractivity contribution in [1.29, 1.82) is 0 Å². The van der Waals surface area contributed by atoms with Gasteiger partial charge >= 0.3 is 0 Å². The maximum absolute atomic E-state index is 6.89. The number of aryl methyl sites for hydroxylation is 1. The lowest BCUT2D eigenvalue weighted by atomic mass is 9.94. The zero-order chi connectivity index (χ0) is 30.4. The van der Waals surface area contributed by atoms with Gasteiger partial charge in [-0.1, -0.05) is 151 Å². The van der Waals surface area contributed by atoms with E-state index in [-0.39, 0.29) is 0 Å². The highest BCUT2D eigenvalue weighted by atomic mass is 32.4. The minimum absolute atomic E-state index is 1.18. The summed E-state index contributed by atoms with van der Waals surface area (Å²) in [5.41, 5.74) is 13.2. The van der Waals surface area contributed by atoms with Crippen molar-refractivity contribution in [3.05, 3.63) is 175 Å². The molecule has 0 amide bonds. The van der Waals surface area contributed by atoms with Crippen LogP contribution in [-0.4, -0.2) is 0 Å². The Bertz CT molecular complexity index is 2120. The minimum Gasteiger partial charge on any atom is -0.0826 e. The minimum atomic E-state index is -2.39. The van der Waals surface area contributed by atoms with E-state index in [1.165, 1.54) is 77.1 Å². The third-order valence-electron chi connectivity index (χ3n) is 8.93. The second-order valence-corrected chi connectivity index (χ2v) is 16.3. The fourth-order valence-corrected chi connectivity index (χ4v) is 10.2. The summed E-state index contributed by atoms with van der Waals surface area (Å²) < 4.78 is 0. The van der Waals surface area contributed by atoms with E-state index in [1.807, 2.05) is 0 Å². The third-order valence-corrected chi connectivity index (χ3v) is 13.9. The average molecular weight is 611 g/mol. The monoisotopic (exact) mass is 610 g/mol. The van der Waals surface area contributed by atoms with Crippen molar-refractivity contribution in [1.82, 2.24) is 0 Å². The molecule has 45 heavy (non-hydrogen) atoms. The van der Waals surface area contributed by atoms with Crippen LogP contribution in [0.2, 0.25) is 0 Å². The lowest BCUT2D eigenvalue weighted by molar-refractivity contribution is 1.49. The molecule has 0 saturated carbocycles. The second kappa shape index (κ2) is 11.3. The summed E-state index contributed by atoms with van der Waals surface area (Å²) in [5.74, 6) is 0. The highest BCUT2D eigenvalue weighted by molar-refractivity contribution is 8.25. The second-order valence-electron chi connectivity index (χ2n) is 11.9. The van der Waals surface area contributed by atoms with Crippen LogP contribution in [0, 0.1) is 6.92 Å². The summed E-state index contributed by atoms with van der Waals surface area (Å²) >= 11 is 6.89. The number of fused-ring (bicyclic) bond motifs is 17. The zero-order valence-electron chi connectivity index (χ0n) is 25.0. The highest BCUT2D eigenvalue weighted by Gasteiger charge is 2.26. The lowest BCUT2D eigenvalue weighted by Gasteiger charge is -2.25. The maximum Gasteiger partial charge on any atom is 0.0379 e. The molecule has 0 aliphatic carbocycles. The SMILES string of the molecule is Cc1ccc(P2(=S)c3cccc(c3)-c3cccc(c3)-c3cccc(c3)-c3cccc(c3)-c3cccc(c3)-c3cccc2c3)cc1. The Kier molecular flexibility index (Phi) is 6.95. The lowest BCUT2D eigenvalue weighted by Crippen LogP contribution is -2.25. The van der Waals surface area contributed by atoms with Crippen molar-refractivity contribution < 1.29 is 0 Å². The predicted octanol–water partition coefficient (Wildman–Crippen LogP) is 10.4. The molecule has 214 valence electrons. The Balaban J connectivity index is 1.42. The van der Waals surface area contributed by atoms with Gasteiger partial charge in [-0.15, -0.1) is 0 Å². The van der Waals surface area contributed by atoms with Gasteiger partial charge in [0.1, 0.15) is 0 Å². The quantitative estimate of drug-likeness (QED) is 0.167. The van der Waals surface area contributed by atoms with Gasteiger partial charge in [-0.05, 0) is 115 Å². The molecular weight excluding hydrogens is 580 g/mol. The Hall–Kier alpha value is -4.81. The van der Waals surface area contributed by atoms with Crippen molar-refractivity contribution in [2.24, 2.45) is 0 Å². The van der Waals surface area contributed by atoms with Gasteiger partial charge < -0.3 is 0 Å². The molecule has 0 saturated heterocycles. The van der Waals surface area contributed by atoms with E-state index < -0.39 is 6.04 Å². The molecule has 1 aliphatic heterocycles. The summed E-state index contributed by atoms with van der Waals surface area (Å²) in [6.45, 7) is 2.14. The number of rotatable bonds is 1. The van der Waals surface area contributed by atoms with Crippen LogP contribution in [0.3, 0.4) is 0 Å². The molecule has 0 N–H and O–H groups in total. The highest BCUT2D eigenvalue weighted by Crippen LogP contribution is 2.45. The molecule has 7 aromatic carbocycles. The summed E-state index contributed by atoms with van der Waals surface area (Å²) in [6, 6.07) is 60.0. The first-order valence-corrected chi connectivity index (χ1v) is 18.2. The van der Waals surface area contributed by atoms with E-state index in [9.17, 15) is 0 Å². The van der Waals surface area contributed by atoms with Gasteiger partial charge in [0.05, 0.1) is 0 Å². The smallest absolute Gasteiger partial charge is 0.0379 e. The summed E-state index contributed by atoms with van der Waals surface area (Å²) in [7, 11) is 0. The fraction of sp³-hybridized carbons (Fsp3) is 0.0233. The largest absolute Gasteiger partial charge is 0.0826 e. The van der Waals surface area contributed by atoms with Gasteiger partial charge in [-0.3, -0.25) is 0 Å². The molecule has 1 aliphatic rings. The van der Waals surface area contributed by atoms with Crippen LogP contribution >= 0.6 is 6.04 Å². The Morgan fingerprint density at radius 2 is 0.578 bits per heavy atom. The topological polar surface area (TPSA) is 0 Å². The summed E-state index contributed by atoms with van der Waals surface area (Å²) in [5, 5.41) is 3.61. The molecule has 2 heteroatoms. The first-order chi connectivity index (χ1) is 22.0. The fourth-order valence-electron chi connectivity index (χ4n) is 6.48. The maximum atomic E-state index is 6.89. The Morgan fingerprint density at radius 3 is 0.889 bits per heavy atom. The molecule has 0 spiro atoms. The molecule has 0 nitrogen and oxygen atoms in total. The van der Waals surface area contributed by atoms with E-state index in [4.69, 9.17) is 11.8 Å². The molecule has 7 aromatic rings. The molecule has 8 rings (SSSR count). The van der Waals surface area contributed by atoms with Crippen LogP contribution in [0.5, 0.6) is 0 Å². The molecule has 12 bridgehead atoms. The van der Waals surface area contributed by atoms with Gasteiger partial charge in [0.2, 0.25) is 0 Å². The van der Waals surface area contributed by atoms with Crippen LogP contribution in [0.15, 0.2) is 170 Å². The van der Waals surface area contributed by atoms with Crippen LogP contribution in [0.1, 0.15) is 5.56 Å². The average Bonchev–Trinajstić information content (AvgIpc) is 3.11. The van der Waals surface area contributed by atoms with Gasteiger partial charge in [0, 0.05) is 6.04 Å². The zero-order valence-corrected chi connectivity index (χ0v) is 26.7. The van der Waals surface area contributed by atoms with Gasteiger partial charge in [0.25, 0.3) is 0 Å². The third kappa shape index (κ3) is 5.09. The van der Waals surface area contributed by atoms with Crippen molar-refractivity contribution in [3.63, 3.8) is 0 Å². The van der Waals surface area contributed by atoms with E-state index in [1.54, 1.807) is 0 Å². The molecule has 0 radical (unpaired) electrons. The van der Waals surface area contributed by atoms with Crippen LogP contribution in [-0.2, 0) is 11.8 Å². The van der Waals surface area contributed by atoms with E-state index >= 15 is 0 Å². The number of hydrogen-bond acceptors (Lipinski definition) is 1. The Labute approximate surface area is 270 Å². The molecule has 0 aromatic heterocycles. The summed E-state index contributed by atoms with van der Waals surface area (Å²) in [6.07, 6.45) is 0. The Morgan fingerprint density at radius 1 is 0.311 bits per heavy atom. The van der Waals surface area contributed by atoms with Crippen LogP contribution < -0.4 is 15.9 Å². The van der Waals surface area contributed by atoms with Crippen molar-refractivity contribution in [3.8, 4) is 55.6 Å². The van der Waals surface area contributed by atoms with E-state index in [2.05, 4.69) is 177 Å².